The first-order valence-corrected chi connectivity index (χ1v) is 5.23. The number of carbonyl (C=O) groups excluding carboxylic acids is 1. The minimum Gasteiger partial charge on any atom is -0.380 e. The predicted octanol–water partition coefficient (Wildman–Crippen LogP) is 1.33. The predicted molar refractivity (Wildman–Crippen MR) is 58.0 cm³/mol. The highest BCUT2D eigenvalue weighted by atomic mass is 16.5. The van der Waals surface area contributed by atoms with Crippen molar-refractivity contribution in [1.82, 2.24) is 0 Å². The van der Waals surface area contributed by atoms with Gasteiger partial charge in [-0.2, -0.15) is 0 Å². The van der Waals surface area contributed by atoms with E-state index < -0.39 is 0 Å². The van der Waals surface area contributed by atoms with Crippen molar-refractivity contribution in [3.05, 3.63) is 35.4 Å². The van der Waals surface area contributed by atoms with Gasteiger partial charge in [-0.1, -0.05) is 24.3 Å². The Morgan fingerprint density at radius 1 is 1.40 bits per heavy atom. The summed E-state index contributed by atoms with van der Waals surface area (Å²) in [4.78, 5) is 11.8. The van der Waals surface area contributed by atoms with Crippen LogP contribution in [0.25, 0.3) is 0 Å². The zero-order valence-corrected chi connectivity index (χ0v) is 8.61. The molecule has 1 aromatic rings. The third-order valence-electron chi connectivity index (χ3n) is 2.71. The van der Waals surface area contributed by atoms with Gasteiger partial charge in [-0.25, -0.2) is 0 Å². The lowest BCUT2D eigenvalue weighted by Gasteiger charge is -2.27. The summed E-state index contributed by atoms with van der Waals surface area (Å²) >= 11 is 0. The maximum atomic E-state index is 11.8. The van der Waals surface area contributed by atoms with E-state index in [1.165, 1.54) is 0 Å². The van der Waals surface area contributed by atoms with Gasteiger partial charge in [0.1, 0.15) is 0 Å². The number of benzene rings is 1. The van der Waals surface area contributed by atoms with Crippen LogP contribution in [-0.2, 0) is 4.74 Å². The van der Waals surface area contributed by atoms with Crippen molar-refractivity contribution in [1.29, 1.82) is 0 Å². The van der Waals surface area contributed by atoms with Gasteiger partial charge in [0.2, 0.25) is 0 Å². The van der Waals surface area contributed by atoms with E-state index in [2.05, 4.69) is 0 Å². The summed E-state index contributed by atoms with van der Waals surface area (Å²) in [5.41, 5.74) is 7.32. The average Bonchev–Trinajstić information content (AvgIpc) is 2.16. The molecule has 0 unspecified atom stereocenters. The molecule has 1 aliphatic heterocycles. The molecule has 0 amide bonds. The van der Waals surface area contributed by atoms with E-state index in [0.717, 1.165) is 24.3 Å². The fraction of sp³-hybridized carbons (Fsp3) is 0.417. The monoisotopic (exact) mass is 205 g/mol. The van der Waals surface area contributed by atoms with Crippen LogP contribution in [0.2, 0.25) is 0 Å². The van der Waals surface area contributed by atoms with Crippen molar-refractivity contribution in [2.24, 2.45) is 5.73 Å². The molecule has 0 saturated carbocycles. The molecular weight excluding hydrogens is 190 g/mol. The number of ketones is 1. The van der Waals surface area contributed by atoms with E-state index >= 15 is 0 Å². The molecular formula is C12H15NO2. The molecule has 3 nitrogen and oxygen atoms in total. The molecule has 0 bridgehead atoms. The molecule has 0 atom stereocenters. The molecule has 2 N–H and O–H groups in total. The summed E-state index contributed by atoms with van der Waals surface area (Å²) < 4.78 is 5.15. The van der Waals surface area contributed by atoms with Gasteiger partial charge < -0.3 is 10.5 Å². The number of carbonyl (C=O) groups is 1. The molecule has 0 spiro atoms. The van der Waals surface area contributed by atoms with E-state index in [1.54, 1.807) is 0 Å². The molecule has 1 fully saturated rings. The van der Waals surface area contributed by atoms with Crippen LogP contribution in [0.5, 0.6) is 0 Å². The second-order valence-corrected chi connectivity index (χ2v) is 3.78. The maximum absolute atomic E-state index is 11.8. The molecule has 0 aliphatic carbocycles. The first kappa shape index (κ1) is 10.3. The molecule has 1 aromatic carbocycles. The lowest BCUT2D eigenvalue weighted by molar-refractivity contribution is 0.00814. The molecule has 0 radical (unpaired) electrons. The number of hydrogen-bond donors (Lipinski definition) is 1. The minimum atomic E-state index is 0.139. The van der Waals surface area contributed by atoms with Crippen LogP contribution in [0.3, 0.4) is 0 Å². The van der Waals surface area contributed by atoms with Crippen LogP contribution >= 0.6 is 0 Å². The number of Topliss-reactive ketones (excluding diaryl/α,β-unsaturated/α-hetero) is 1. The van der Waals surface area contributed by atoms with Gasteiger partial charge in [-0.05, 0) is 12.1 Å². The van der Waals surface area contributed by atoms with Crippen molar-refractivity contribution < 1.29 is 9.53 Å². The normalized spacial score (nSPS) is 16.1. The summed E-state index contributed by atoms with van der Waals surface area (Å²) in [6.45, 7) is 1.87. The lowest BCUT2D eigenvalue weighted by Crippen LogP contribution is -2.27. The summed E-state index contributed by atoms with van der Waals surface area (Å²) in [5, 5.41) is 0. The Morgan fingerprint density at radius 3 is 2.73 bits per heavy atom. The molecule has 1 saturated heterocycles. The van der Waals surface area contributed by atoms with Crippen molar-refractivity contribution in [3.8, 4) is 0 Å². The molecule has 0 aromatic heterocycles. The highest BCUT2D eigenvalue weighted by Gasteiger charge is 2.24. The largest absolute Gasteiger partial charge is 0.380 e. The Balaban J connectivity index is 2.24. The molecule has 80 valence electrons. The van der Waals surface area contributed by atoms with Crippen LogP contribution < -0.4 is 5.73 Å². The van der Waals surface area contributed by atoms with Crippen molar-refractivity contribution in [2.45, 2.75) is 12.3 Å². The van der Waals surface area contributed by atoms with Crippen LogP contribution in [0.4, 0.5) is 0 Å². The molecule has 3 heteroatoms. The quantitative estimate of drug-likeness (QED) is 0.754. The molecule has 1 aliphatic rings. The fourth-order valence-corrected chi connectivity index (χ4v) is 1.79. The third-order valence-corrected chi connectivity index (χ3v) is 2.71. The Labute approximate surface area is 89.2 Å². The Kier molecular flexibility index (Phi) is 3.14. The summed E-state index contributed by atoms with van der Waals surface area (Å²) in [5.74, 6) is 0.530. The van der Waals surface area contributed by atoms with Gasteiger partial charge in [0.25, 0.3) is 0 Å². The van der Waals surface area contributed by atoms with E-state index in [-0.39, 0.29) is 5.78 Å². The van der Waals surface area contributed by atoms with Crippen LogP contribution in [0.1, 0.15) is 28.3 Å². The van der Waals surface area contributed by atoms with Gasteiger partial charge in [0.15, 0.2) is 5.78 Å². The maximum Gasteiger partial charge on any atom is 0.164 e. The first-order valence-electron chi connectivity index (χ1n) is 5.23. The SMILES string of the molecule is NCCC(=O)c1ccccc1C1COC1. The van der Waals surface area contributed by atoms with Gasteiger partial charge >= 0.3 is 0 Å². The second kappa shape index (κ2) is 4.55. The highest BCUT2D eigenvalue weighted by molar-refractivity contribution is 5.97. The van der Waals surface area contributed by atoms with Crippen molar-refractivity contribution in [2.75, 3.05) is 19.8 Å². The highest BCUT2D eigenvalue weighted by Crippen LogP contribution is 2.27. The number of ether oxygens (including phenoxy) is 1. The topological polar surface area (TPSA) is 52.3 Å². The zero-order valence-electron chi connectivity index (χ0n) is 8.61. The first-order chi connectivity index (χ1) is 7.33. The standard InChI is InChI=1S/C12H15NO2/c13-6-5-12(14)11-4-2-1-3-10(11)9-7-15-8-9/h1-4,9H,5-8,13H2. The van der Waals surface area contributed by atoms with Crippen molar-refractivity contribution in [3.63, 3.8) is 0 Å². The summed E-state index contributed by atoms with van der Waals surface area (Å²) in [6.07, 6.45) is 0.421. The van der Waals surface area contributed by atoms with Gasteiger partial charge in [-0.15, -0.1) is 0 Å². The average molecular weight is 205 g/mol. The summed E-state index contributed by atoms with van der Waals surface area (Å²) in [7, 11) is 0. The minimum absolute atomic E-state index is 0.139. The van der Waals surface area contributed by atoms with E-state index in [0.29, 0.717) is 18.9 Å². The molecule has 1 heterocycles. The Bertz CT molecular complexity index is 358. The van der Waals surface area contributed by atoms with E-state index in [4.69, 9.17) is 10.5 Å². The number of rotatable bonds is 4. The molecule has 2 rings (SSSR count). The second-order valence-electron chi connectivity index (χ2n) is 3.78. The van der Waals surface area contributed by atoms with Crippen LogP contribution in [0.15, 0.2) is 24.3 Å². The third kappa shape index (κ3) is 2.08. The Morgan fingerprint density at radius 2 is 2.13 bits per heavy atom. The number of hydrogen-bond acceptors (Lipinski definition) is 3. The smallest absolute Gasteiger partial charge is 0.164 e. The van der Waals surface area contributed by atoms with Crippen LogP contribution in [0, 0.1) is 0 Å². The summed E-state index contributed by atoms with van der Waals surface area (Å²) in [6, 6.07) is 7.75. The van der Waals surface area contributed by atoms with Gasteiger partial charge in [-0.3, -0.25) is 4.79 Å². The van der Waals surface area contributed by atoms with E-state index in [9.17, 15) is 4.79 Å². The Hall–Kier alpha value is -1.19. The van der Waals surface area contributed by atoms with Gasteiger partial charge in [0, 0.05) is 17.9 Å². The van der Waals surface area contributed by atoms with E-state index in [1.807, 2.05) is 24.3 Å². The lowest BCUT2D eigenvalue weighted by atomic mass is 9.90. The van der Waals surface area contributed by atoms with Gasteiger partial charge in [0.05, 0.1) is 13.2 Å². The van der Waals surface area contributed by atoms with Crippen molar-refractivity contribution >= 4 is 5.78 Å². The number of nitrogens with two attached hydrogens (primary N) is 1. The molecule has 15 heavy (non-hydrogen) atoms. The fourth-order valence-electron chi connectivity index (χ4n) is 1.79. The van der Waals surface area contributed by atoms with Crippen LogP contribution in [-0.4, -0.2) is 25.5 Å². The zero-order chi connectivity index (χ0) is 10.7.